The normalized spacial score (nSPS) is 14.0. The first-order valence-electron chi connectivity index (χ1n) is 7.87. The molecule has 2 heterocycles. The average Bonchev–Trinajstić information content (AvgIpc) is 3.08. The van der Waals surface area contributed by atoms with Crippen molar-refractivity contribution in [1.82, 2.24) is 14.8 Å². The number of methoxy groups -OCH3 is 1. The number of carbonyl (C=O) groups is 3. The minimum atomic E-state index is -0.526. The molecule has 0 aliphatic carbocycles. The molecule has 1 aromatic heterocycles. The van der Waals surface area contributed by atoms with Crippen molar-refractivity contribution in [3.63, 3.8) is 0 Å². The summed E-state index contributed by atoms with van der Waals surface area (Å²) in [4.78, 5) is 36.8. The van der Waals surface area contributed by atoms with Crippen LogP contribution in [0.3, 0.4) is 0 Å². The average molecular weight is 341 g/mol. The van der Waals surface area contributed by atoms with E-state index < -0.39 is 6.03 Å². The number of benzene rings is 1. The lowest BCUT2D eigenvalue weighted by Gasteiger charge is -2.12. The molecule has 3 amide bonds. The number of ketones is 1. The molecular weight excluding hydrogens is 322 g/mol. The van der Waals surface area contributed by atoms with E-state index in [0.717, 1.165) is 27.7 Å². The summed E-state index contributed by atoms with van der Waals surface area (Å²) >= 11 is 0. The van der Waals surface area contributed by atoms with Gasteiger partial charge in [-0.15, -0.1) is 0 Å². The second-order valence-corrected chi connectivity index (χ2v) is 5.88. The van der Waals surface area contributed by atoms with Crippen LogP contribution in [0.2, 0.25) is 0 Å². The number of aromatic nitrogens is 1. The molecule has 0 radical (unpaired) electrons. The molecule has 2 aromatic rings. The van der Waals surface area contributed by atoms with Crippen LogP contribution in [0.4, 0.5) is 4.79 Å². The maximum Gasteiger partial charge on any atom is 0.325 e. The van der Waals surface area contributed by atoms with Gasteiger partial charge in [0, 0.05) is 22.6 Å². The molecule has 7 heteroatoms. The Balaban J connectivity index is 1.89. The minimum Gasteiger partial charge on any atom is -0.497 e. The van der Waals surface area contributed by atoms with Gasteiger partial charge >= 0.3 is 6.03 Å². The smallest absolute Gasteiger partial charge is 0.325 e. The van der Waals surface area contributed by atoms with E-state index in [0.29, 0.717) is 5.56 Å². The lowest BCUT2D eigenvalue weighted by molar-refractivity contribution is -0.124. The molecule has 0 saturated carbocycles. The van der Waals surface area contributed by atoms with Gasteiger partial charge in [-0.25, -0.2) is 4.79 Å². The monoisotopic (exact) mass is 341 g/mol. The number of carbonyl (C=O) groups excluding carboxylic acids is 3. The number of Topliss-reactive ketones (excluding diaryl/α,β-unsaturated/α-hetero) is 1. The number of amides is 3. The number of rotatable bonds is 5. The summed E-state index contributed by atoms with van der Waals surface area (Å²) < 4.78 is 7.12. The molecule has 0 bridgehead atoms. The summed E-state index contributed by atoms with van der Waals surface area (Å²) in [6, 6.07) is 8.77. The van der Waals surface area contributed by atoms with Gasteiger partial charge in [0.15, 0.2) is 5.78 Å². The quantitative estimate of drug-likeness (QED) is 0.665. The van der Waals surface area contributed by atoms with Crippen molar-refractivity contribution in [2.45, 2.75) is 13.8 Å². The standard InChI is InChI=1S/C18H19N3O4/c1-11-8-15(16(22)10-20-17(23)9-19-18(20)24)12(2)21(11)13-4-6-14(25-3)7-5-13/h4-8H,9-10H2,1-3H3,(H,19,24). The first kappa shape index (κ1) is 16.8. The number of imide groups is 1. The number of nitrogens with one attached hydrogen (secondary N) is 1. The van der Waals surface area contributed by atoms with Gasteiger partial charge in [0.25, 0.3) is 0 Å². The van der Waals surface area contributed by atoms with Gasteiger partial charge in [-0.2, -0.15) is 0 Å². The second kappa shape index (κ2) is 6.43. The molecule has 0 unspecified atom stereocenters. The first-order chi connectivity index (χ1) is 11.9. The maximum atomic E-state index is 12.6. The summed E-state index contributed by atoms with van der Waals surface area (Å²) in [5, 5.41) is 2.41. The van der Waals surface area contributed by atoms with E-state index in [1.165, 1.54) is 0 Å². The zero-order valence-electron chi connectivity index (χ0n) is 14.3. The van der Waals surface area contributed by atoms with Crippen molar-refractivity contribution in [2.24, 2.45) is 0 Å². The molecular formula is C18H19N3O4. The highest BCUT2D eigenvalue weighted by Crippen LogP contribution is 2.23. The summed E-state index contributed by atoms with van der Waals surface area (Å²) in [7, 11) is 1.60. The molecule has 0 spiro atoms. The molecule has 25 heavy (non-hydrogen) atoms. The third-order valence-electron chi connectivity index (χ3n) is 4.30. The third-order valence-corrected chi connectivity index (χ3v) is 4.30. The van der Waals surface area contributed by atoms with Crippen LogP contribution in [0.15, 0.2) is 30.3 Å². The van der Waals surface area contributed by atoms with E-state index in [9.17, 15) is 14.4 Å². The highest BCUT2D eigenvalue weighted by Gasteiger charge is 2.31. The van der Waals surface area contributed by atoms with Crippen molar-refractivity contribution in [3.05, 3.63) is 47.3 Å². The van der Waals surface area contributed by atoms with Gasteiger partial charge in [0.05, 0.1) is 20.2 Å². The van der Waals surface area contributed by atoms with E-state index in [4.69, 9.17) is 4.74 Å². The number of aryl methyl sites for hydroxylation is 1. The predicted molar refractivity (Wildman–Crippen MR) is 91.2 cm³/mol. The Labute approximate surface area is 145 Å². The molecule has 1 aromatic carbocycles. The molecule has 1 aliphatic rings. The van der Waals surface area contributed by atoms with Crippen LogP contribution in [-0.4, -0.2) is 47.4 Å². The van der Waals surface area contributed by atoms with E-state index in [1.807, 2.05) is 42.7 Å². The topological polar surface area (TPSA) is 80.6 Å². The van der Waals surface area contributed by atoms with Crippen molar-refractivity contribution in [3.8, 4) is 11.4 Å². The van der Waals surface area contributed by atoms with Crippen LogP contribution in [0.25, 0.3) is 5.69 Å². The van der Waals surface area contributed by atoms with Gasteiger partial charge in [0.2, 0.25) is 5.91 Å². The zero-order valence-corrected chi connectivity index (χ0v) is 14.3. The summed E-state index contributed by atoms with van der Waals surface area (Å²) in [6.45, 7) is 3.44. The molecule has 0 atom stereocenters. The predicted octanol–water partition coefficient (Wildman–Crippen LogP) is 1.84. The highest BCUT2D eigenvalue weighted by molar-refractivity contribution is 6.08. The molecule has 1 N–H and O–H groups in total. The van der Waals surface area contributed by atoms with Gasteiger partial charge in [0.1, 0.15) is 5.75 Å². The van der Waals surface area contributed by atoms with Crippen LogP contribution in [0.1, 0.15) is 21.7 Å². The molecule has 3 rings (SSSR count). The van der Waals surface area contributed by atoms with Crippen LogP contribution < -0.4 is 10.1 Å². The fraction of sp³-hybridized carbons (Fsp3) is 0.278. The zero-order chi connectivity index (χ0) is 18.1. The molecule has 7 nitrogen and oxygen atoms in total. The fourth-order valence-electron chi connectivity index (χ4n) is 3.02. The third kappa shape index (κ3) is 3.00. The van der Waals surface area contributed by atoms with E-state index in [1.54, 1.807) is 13.2 Å². The van der Waals surface area contributed by atoms with Gasteiger partial charge in [-0.1, -0.05) is 0 Å². The van der Waals surface area contributed by atoms with E-state index in [-0.39, 0.29) is 24.8 Å². The van der Waals surface area contributed by atoms with Crippen molar-refractivity contribution >= 4 is 17.7 Å². The van der Waals surface area contributed by atoms with Crippen molar-refractivity contribution in [1.29, 1.82) is 0 Å². The number of ether oxygens (including phenoxy) is 1. The van der Waals surface area contributed by atoms with Crippen LogP contribution in [-0.2, 0) is 4.79 Å². The molecule has 130 valence electrons. The Morgan fingerprint density at radius 3 is 2.44 bits per heavy atom. The van der Waals surface area contributed by atoms with Crippen molar-refractivity contribution in [2.75, 3.05) is 20.2 Å². The summed E-state index contributed by atoms with van der Waals surface area (Å²) in [5.74, 6) is 0.0987. The maximum absolute atomic E-state index is 12.6. The summed E-state index contributed by atoms with van der Waals surface area (Å²) in [5.41, 5.74) is 3.06. The molecule has 1 aliphatic heterocycles. The highest BCUT2D eigenvalue weighted by atomic mass is 16.5. The minimum absolute atomic E-state index is 0.0585. The molecule has 1 saturated heterocycles. The fourth-order valence-corrected chi connectivity index (χ4v) is 3.02. The largest absolute Gasteiger partial charge is 0.497 e. The number of hydrogen-bond acceptors (Lipinski definition) is 4. The lowest BCUT2D eigenvalue weighted by atomic mass is 10.1. The van der Waals surface area contributed by atoms with Gasteiger partial charge < -0.3 is 14.6 Å². The van der Waals surface area contributed by atoms with Crippen LogP contribution in [0.5, 0.6) is 5.75 Å². The van der Waals surface area contributed by atoms with E-state index in [2.05, 4.69) is 5.32 Å². The Morgan fingerprint density at radius 1 is 1.20 bits per heavy atom. The molecule has 1 fully saturated rings. The van der Waals surface area contributed by atoms with Crippen molar-refractivity contribution < 1.29 is 19.1 Å². The van der Waals surface area contributed by atoms with Crippen LogP contribution in [0, 0.1) is 13.8 Å². The number of nitrogens with zero attached hydrogens (tertiary/aromatic N) is 2. The Kier molecular flexibility index (Phi) is 4.31. The Hall–Kier alpha value is -3.09. The van der Waals surface area contributed by atoms with Gasteiger partial charge in [-0.3, -0.25) is 14.5 Å². The van der Waals surface area contributed by atoms with Gasteiger partial charge in [-0.05, 0) is 44.2 Å². The lowest BCUT2D eigenvalue weighted by Crippen LogP contribution is -2.35. The van der Waals surface area contributed by atoms with Crippen LogP contribution >= 0.6 is 0 Å². The Bertz CT molecular complexity index is 836. The SMILES string of the molecule is COc1ccc(-n2c(C)cc(C(=O)CN3C(=O)CNC3=O)c2C)cc1. The summed E-state index contributed by atoms with van der Waals surface area (Å²) in [6.07, 6.45) is 0. The number of hydrogen-bond donors (Lipinski definition) is 1. The first-order valence-corrected chi connectivity index (χ1v) is 7.87. The number of urea groups is 1. The Morgan fingerprint density at radius 2 is 1.88 bits per heavy atom. The van der Waals surface area contributed by atoms with E-state index >= 15 is 0 Å². The second-order valence-electron chi connectivity index (χ2n) is 5.88.